The van der Waals surface area contributed by atoms with E-state index in [0.29, 0.717) is 0 Å². The molecule has 0 unspecified atom stereocenters. The maximum absolute atomic E-state index is 2.54. The van der Waals surface area contributed by atoms with Crippen molar-refractivity contribution in [2.24, 2.45) is 0 Å². The summed E-state index contributed by atoms with van der Waals surface area (Å²) in [6.45, 7) is 0. The molecular weight excluding hydrogens is 675 g/mol. The molecule has 2 aliphatic carbocycles. The van der Waals surface area contributed by atoms with Crippen LogP contribution in [0.25, 0.3) is 83.1 Å². The second-order valence-corrected chi connectivity index (χ2v) is 15.2. The van der Waals surface area contributed by atoms with Crippen LogP contribution in [0.4, 0.5) is 0 Å². The molecule has 56 heavy (non-hydrogen) atoms. The van der Waals surface area contributed by atoms with Crippen LogP contribution in [-0.2, 0) is 5.41 Å². The molecule has 0 aliphatic heterocycles. The topological polar surface area (TPSA) is 4.93 Å². The van der Waals surface area contributed by atoms with Crippen LogP contribution in [0.15, 0.2) is 212 Å². The minimum absolute atomic E-state index is 0.401. The Morgan fingerprint density at radius 1 is 0.304 bits per heavy atom. The highest BCUT2D eigenvalue weighted by atomic mass is 15.0. The lowest BCUT2D eigenvalue weighted by molar-refractivity contribution is 0.794. The Hall–Kier alpha value is -7.22. The smallest absolute Gasteiger partial charge is 0.0726 e. The summed E-state index contributed by atoms with van der Waals surface area (Å²) in [5.41, 5.74) is 21.2. The first kappa shape index (κ1) is 31.2. The fourth-order valence-electron chi connectivity index (χ4n) is 10.1. The molecule has 1 spiro atoms. The molecule has 2 aliphatic rings. The molecule has 260 valence electrons. The molecule has 0 saturated heterocycles. The zero-order valence-corrected chi connectivity index (χ0v) is 30.7. The second-order valence-electron chi connectivity index (χ2n) is 15.2. The lowest BCUT2D eigenvalue weighted by Crippen LogP contribution is -2.25. The molecule has 0 bridgehead atoms. The SMILES string of the molecule is c1ccc(-c2cc(-c3ccccc3)cc(-c3cccc(-n4c5ccccc5c5ccc6c(c54)-c4ccccc4C64c5ccccc5-c5ccccc54)c3)c2)cc1. The lowest BCUT2D eigenvalue weighted by atomic mass is 9.70. The molecule has 0 fully saturated rings. The molecule has 1 heterocycles. The third kappa shape index (κ3) is 4.26. The summed E-state index contributed by atoms with van der Waals surface area (Å²) in [4.78, 5) is 0. The fraction of sp³-hybridized carbons (Fsp3) is 0.0182. The fourth-order valence-corrected chi connectivity index (χ4v) is 10.1. The number of hydrogen-bond donors (Lipinski definition) is 0. The van der Waals surface area contributed by atoms with E-state index < -0.39 is 5.41 Å². The third-order valence-corrected chi connectivity index (χ3v) is 12.4. The van der Waals surface area contributed by atoms with Crippen LogP contribution in [-0.4, -0.2) is 4.57 Å². The molecule has 0 amide bonds. The van der Waals surface area contributed by atoms with Crippen LogP contribution in [0.2, 0.25) is 0 Å². The zero-order valence-electron chi connectivity index (χ0n) is 30.7. The Bertz CT molecular complexity index is 3080. The van der Waals surface area contributed by atoms with Crippen molar-refractivity contribution < 1.29 is 0 Å². The predicted molar refractivity (Wildman–Crippen MR) is 233 cm³/mol. The number of hydrogen-bond acceptors (Lipinski definition) is 0. The van der Waals surface area contributed by atoms with Gasteiger partial charge in [-0.3, -0.25) is 0 Å². The molecule has 1 aromatic heterocycles. The summed E-state index contributed by atoms with van der Waals surface area (Å²) in [7, 11) is 0. The molecule has 1 heteroatoms. The van der Waals surface area contributed by atoms with Gasteiger partial charge in [0.2, 0.25) is 0 Å². The summed E-state index contributed by atoms with van der Waals surface area (Å²) >= 11 is 0. The summed E-state index contributed by atoms with van der Waals surface area (Å²) < 4.78 is 2.54. The molecule has 12 rings (SSSR count). The molecule has 0 atom stereocenters. The number of fused-ring (bicyclic) bond motifs is 14. The van der Waals surface area contributed by atoms with Gasteiger partial charge < -0.3 is 4.57 Å². The summed E-state index contributed by atoms with van der Waals surface area (Å²) in [6, 6.07) is 78.7. The average Bonchev–Trinajstić information content (AvgIpc) is 3.89. The van der Waals surface area contributed by atoms with E-state index in [0.717, 1.165) is 5.69 Å². The van der Waals surface area contributed by atoms with Crippen molar-refractivity contribution in [1.29, 1.82) is 0 Å². The van der Waals surface area contributed by atoms with Crippen molar-refractivity contribution in [3.05, 3.63) is 235 Å². The Labute approximate surface area is 326 Å². The molecule has 0 saturated carbocycles. The Morgan fingerprint density at radius 2 is 0.804 bits per heavy atom. The number of aromatic nitrogens is 1. The van der Waals surface area contributed by atoms with E-state index in [9.17, 15) is 0 Å². The van der Waals surface area contributed by atoms with Gasteiger partial charge in [-0.2, -0.15) is 0 Å². The first-order chi connectivity index (χ1) is 27.8. The van der Waals surface area contributed by atoms with Crippen LogP contribution >= 0.6 is 0 Å². The largest absolute Gasteiger partial charge is 0.309 e. The van der Waals surface area contributed by atoms with E-state index in [1.807, 2.05) is 0 Å². The number of rotatable bonds is 4. The van der Waals surface area contributed by atoms with E-state index in [-0.39, 0.29) is 0 Å². The van der Waals surface area contributed by atoms with Crippen molar-refractivity contribution in [2.45, 2.75) is 5.41 Å². The van der Waals surface area contributed by atoms with E-state index in [1.54, 1.807) is 0 Å². The van der Waals surface area contributed by atoms with Crippen LogP contribution in [0, 0.1) is 0 Å². The van der Waals surface area contributed by atoms with E-state index in [2.05, 4.69) is 217 Å². The number of nitrogens with zero attached hydrogens (tertiary/aromatic N) is 1. The van der Waals surface area contributed by atoms with Gasteiger partial charge >= 0.3 is 0 Å². The Kier molecular flexibility index (Phi) is 6.62. The number of para-hydroxylation sites is 1. The summed E-state index contributed by atoms with van der Waals surface area (Å²) in [5.74, 6) is 0. The molecular formula is C55H35N. The lowest BCUT2D eigenvalue weighted by Gasteiger charge is -2.30. The molecule has 10 aromatic rings. The third-order valence-electron chi connectivity index (χ3n) is 12.4. The molecule has 1 nitrogen and oxygen atoms in total. The monoisotopic (exact) mass is 709 g/mol. The highest BCUT2D eigenvalue weighted by Crippen LogP contribution is 2.64. The molecule has 9 aromatic carbocycles. The maximum atomic E-state index is 2.54. The van der Waals surface area contributed by atoms with Crippen molar-refractivity contribution in [1.82, 2.24) is 4.57 Å². The van der Waals surface area contributed by atoms with Gasteiger partial charge in [0.1, 0.15) is 0 Å². The standard InChI is InChI=1S/C55H35N/c1-3-16-36(17-4-1)39-32-40(37-18-5-2-6-19-37)34-41(33-39)38-20-15-21-42(35-38)56-52-29-14-10-24-45(52)46-30-31-51-53(54(46)56)47-25-9-13-28-50(47)55(51)48-26-11-7-22-43(48)44-23-8-12-27-49(44)55/h1-35H. The zero-order chi connectivity index (χ0) is 36.8. The Balaban J connectivity index is 1.14. The first-order valence-electron chi connectivity index (χ1n) is 19.5. The van der Waals surface area contributed by atoms with Crippen molar-refractivity contribution in [3.8, 4) is 61.3 Å². The van der Waals surface area contributed by atoms with Crippen molar-refractivity contribution >= 4 is 21.8 Å². The average molecular weight is 710 g/mol. The van der Waals surface area contributed by atoms with Crippen LogP contribution in [0.3, 0.4) is 0 Å². The van der Waals surface area contributed by atoms with Gasteiger partial charge in [-0.15, -0.1) is 0 Å². The predicted octanol–water partition coefficient (Wildman–Crippen LogP) is 14.1. The van der Waals surface area contributed by atoms with Crippen LogP contribution in [0.1, 0.15) is 22.3 Å². The van der Waals surface area contributed by atoms with E-state index in [4.69, 9.17) is 0 Å². The summed E-state index contributed by atoms with van der Waals surface area (Å²) in [6.07, 6.45) is 0. The second kappa shape index (κ2) is 11.9. The van der Waals surface area contributed by atoms with Gasteiger partial charge in [-0.05, 0) is 109 Å². The van der Waals surface area contributed by atoms with E-state index >= 15 is 0 Å². The van der Waals surface area contributed by atoms with Gasteiger partial charge in [0, 0.05) is 22.0 Å². The van der Waals surface area contributed by atoms with Gasteiger partial charge in [0.15, 0.2) is 0 Å². The minimum Gasteiger partial charge on any atom is -0.309 e. The highest BCUT2D eigenvalue weighted by molar-refractivity contribution is 6.16. The maximum Gasteiger partial charge on any atom is 0.0726 e. The van der Waals surface area contributed by atoms with Gasteiger partial charge in [-0.25, -0.2) is 0 Å². The Morgan fingerprint density at radius 3 is 1.45 bits per heavy atom. The summed E-state index contributed by atoms with van der Waals surface area (Å²) in [5, 5.41) is 2.53. The van der Waals surface area contributed by atoms with E-state index in [1.165, 1.54) is 99.7 Å². The molecule has 0 N–H and O–H groups in total. The van der Waals surface area contributed by atoms with Crippen molar-refractivity contribution in [3.63, 3.8) is 0 Å². The van der Waals surface area contributed by atoms with Crippen LogP contribution < -0.4 is 0 Å². The normalized spacial score (nSPS) is 13.1. The van der Waals surface area contributed by atoms with Gasteiger partial charge in [-0.1, -0.05) is 176 Å². The molecule has 0 radical (unpaired) electrons. The quantitative estimate of drug-likeness (QED) is 0.171. The minimum atomic E-state index is -0.401. The van der Waals surface area contributed by atoms with Gasteiger partial charge in [0.05, 0.1) is 16.4 Å². The van der Waals surface area contributed by atoms with Crippen molar-refractivity contribution in [2.75, 3.05) is 0 Å². The number of benzene rings is 9. The highest BCUT2D eigenvalue weighted by Gasteiger charge is 2.52. The first-order valence-corrected chi connectivity index (χ1v) is 19.5. The van der Waals surface area contributed by atoms with Crippen LogP contribution in [0.5, 0.6) is 0 Å². The van der Waals surface area contributed by atoms with Gasteiger partial charge in [0.25, 0.3) is 0 Å².